The minimum absolute atomic E-state index is 0.309. The van der Waals surface area contributed by atoms with E-state index in [9.17, 15) is 0 Å². The normalized spacial score (nSPS) is 10.9. The van der Waals surface area contributed by atoms with Crippen LogP contribution in [0.4, 0.5) is 5.69 Å². The van der Waals surface area contributed by atoms with E-state index in [1.54, 1.807) is 0 Å². The fraction of sp³-hybridized carbons (Fsp3) is 0.600. The van der Waals surface area contributed by atoms with Gasteiger partial charge in [-0.1, -0.05) is 32.0 Å². The number of anilines is 1. The molecule has 0 saturated heterocycles. The number of hydrogen-bond acceptors (Lipinski definition) is 2. The Bertz CT molecular complexity index is 311. The van der Waals surface area contributed by atoms with Crippen LogP contribution in [0.25, 0.3) is 0 Å². The molecule has 1 aromatic rings. The maximum absolute atomic E-state index is 5.55. The third-order valence-electron chi connectivity index (χ3n) is 2.85. The topological polar surface area (TPSA) is 21.3 Å². The van der Waals surface area contributed by atoms with Crippen LogP contribution in [0, 0.1) is 0 Å². The maximum Gasteiger partial charge on any atom is 0.0642 e. The van der Waals surface area contributed by atoms with Crippen molar-refractivity contribution in [1.82, 2.24) is 0 Å². The van der Waals surface area contributed by atoms with E-state index in [0.29, 0.717) is 6.10 Å². The Balaban J connectivity index is 2.61. The van der Waals surface area contributed by atoms with Gasteiger partial charge in [-0.15, -0.1) is 0 Å². The fourth-order valence-corrected chi connectivity index (χ4v) is 1.94. The van der Waals surface area contributed by atoms with Gasteiger partial charge in [-0.05, 0) is 37.8 Å². The Morgan fingerprint density at radius 2 is 1.71 bits per heavy atom. The lowest BCUT2D eigenvalue weighted by Crippen LogP contribution is -2.15. The molecule has 0 aliphatic rings. The highest BCUT2D eigenvalue weighted by Gasteiger charge is 2.05. The van der Waals surface area contributed by atoms with Crippen LogP contribution in [0.5, 0.6) is 0 Å². The van der Waals surface area contributed by atoms with E-state index in [0.717, 1.165) is 26.0 Å². The first-order valence-corrected chi connectivity index (χ1v) is 6.65. The number of hydrogen-bond donors (Lipinski definition) is 1. The van der Waals surface area contributed by atoms with Crippen molar-refractivity contribution in [2.24, 2.45) is 0 Å². The zero-order valence-electron chi connectivity index (χ0n) is 11.5. The molecule has 0 aromatic heterocycles. The van der Waals surface area contributed by atoms with Crippen molar-refractivity contribution in [2.75, 3.05) is 18.5 Å². The summed E-state index contributed by atoms with van der Waals surface area (Å²) in [4.78, 5) is 0. The molecule has 0 fully saturated rings. The molecule has 0 unspecified atom stereocenters. The Morgan fingerprint density at radius 3 is 2.18 bits per heavy atom. The van der Waals surface area contributed by atoms with Crippen LogP contribution in [0.15, 0.2) is 18.2 Å². The third kappa shape index (κ3) is 4.39. The molecule has 0 spiro atoms. The molecule has 17 heavy (non-hydrogen) atoms. The van der Waals surface area contributed by atoms with Gasteiger partial charge in [0.2, 0.25) is 0 Å². The quantitative estimate of drug-likeness (QED) is 0.728. The molecule has 96 valence electrons. The van der Waals surface area contributed by atoms with Crippen LogP contribution in [0.2, 0.25) is 0 Å². The van der Waals surface area contributed by atoms with Gasteiger partial charge in [0.05, 0.1) is 12.7 Å². The molecule has 2 heteroatoms. The molecule has 0 heterocycles. The minimum Gasteiger partial charge on any atom is -0.382 e. The highest BCUT2D eigenvalue weighted by Crippen LogP contribution is 2.22. The Labute approximate surface area is 105 Å². The molecule has 0 bridgehead atoms. The predicted molar refractivity (Wildman–Crippen MR) is 74.8 cm³/mol. The molecule has 0 saturated carbocycles. The Kier molecular flexibility index (Phi) is 6.06. The summed E-state index contributed by atoms with van der Waals surface area (Å²) in [5.41, 5.74) is 4.10. The second kappa shape index (κ2) is 7.33. The van der Waals surface area contributed by atoms with Crippen molar-refractivity contribution >= 4 is 5.69 Å². The van der Waals surface area contributed by atoms with Crippen molar-refractivity contribution in [3.63, 3.8) is 0 Å². The summed E-state index contributed by atoms with van der Waals surface area (Å²) in [5, 5.41) is 3.51. The van der Waals surface area contributed by atoms with Gasteiger partial charge >= 0.3 is 0 Å². The molecule has 1 rings (SSSR count). The number of para-hydroxylation sites is 1. The van der Waals surface area contributed by atoms with Crippen molar-refractivity contribution in [3.05, 3.63) is 29.3 Å². The van der Waals surface area contributed by atoms with Crippen LogP contribution in [0.3, 0.4) is 0 Å². The number of rotatable bonds is 7. The average molecular weight is 235 g/mol. The van der Waals surface area contributed by atoms with Crippen LogP contribution in [-0.2, 0) is 17.6 Å². The summed E-state index contributed by atoms with van der Waals surface area (Å²) in [6.07, 6.45) is 2.45. The predicted octanol–water partition coefficient (Wildman–Crippen LogP) is 3.65. The Morgan fingerprint density at radius 1 is 1.12 bits per heavy atom. The third-order valence-corrected chi connectivity index (χ3v) is 2.85. The fourth-order valence-electron chi connectivity index (χ4n) is 1.94. The lowest BCUT2D eigenvalue weighted by molar-refractivity contribution is 0.0870. The molecular formula is C15H25NO. The van der Waals surface area contributed by atoms with Crippen molar-refractivity contribution < 1.29 is 4.74 Å². The summed E-state index contributed by atoms with van der Waals surface area (Å²) in [6, 6.07) is 6.54. The molecule has 0 aliphatic carbocycles. The lowest BCUT2D eigenvalue weighted by atomic mass is 10.0. The summed E-state index contributed by atoms with van der Waals surface area (Å²) in [6.45, 7) is 10.2. The van der Waals surface area contributed by atoms with E-state index < -0.39 is 0 Å². The van der Waals surface area contributed by atoms with E-state index >= 15 is 0 Å². The summed E-state index contributed by atoms with van der Waals surface area (Å²) in [5.74, 6) is 0. The number of aryl methyl sites for hydroxylation is 2. The van der Waals surface area contributed by atoms with E-state index in [1.807, 2.05) is 0 Å². The van der Waals surface area contributed by atoms with Crippen molar-refractivity contribution in [1.29, 1.82) is 0 Å². The van der Waals surface area contributed by atoms with Gasteiger partial charge in [0.1, 0.15) is 0 Å². The summed E-state index contributed by atoms with van der Waals surface area (Å²) in [7, 11) is 0. The molecule has 0 aliphatic heterocycles. The second-order valence-electron chi connectivity index (χ2n) is 4.50. The van der Waals surface area contributed by atoms with Crippen LogP contribution in [-0.4, -0.2) is 19.3 Å². The van der Waals surface area contributed by atoms with Crippen LogP contribution >= 0.6 is 0 Å². The molecule has 0 atom stereocenters. The van der Waals surface area contributed by atoms with Gasteiger partial charge in [-0.2, -0.15) is 0 Å². The van der Waals surface area contributed by atoms with Crippen LogP contribution < -0.4 is 5.32 Å². The van der Waals surface area contributed by atoms with E-state index in [2.05, 4.69) is 51.2 Å². The number of benzene rings is 1. The molecular weight excluding hydrogens is 210 g/mol. The van der Waals surface area contributed by atoms with Gasteiger partial charge < -0.3 is 10.1 Å². The smallest absolute Gasteiger partial charge is 0.0642 e. The Hall–Kier alpha value is -1.02. The largest absolute Gasteiger partial charge is 0.382 e. The van der Waals surface area contributed by atoms with Crippen molar-refractivity contribution in [3.8, 4) is 0 Å². The maximum atomic E-state index is 5.55. The SMILES string of the molecule is CCc1cccc(CC)c1NCCOC(C)C. The first-order valence-electron chi connectivity index (χ1n) is 6.65. The molecule has 1 N–H and O–H groups in total. The molecule has 0 radical (unpaired) electrons. The summed E-state index contributed by atoms with van der Waals surface area (Å²) < 4.78 is 5.55. The van der Waals surface area contributed by atoms with Gasteiger partial charge in [0.25, 0.3) is 0 Å². The van der Waals surface area contributed by atoms with Gasteiger partial charge in [0, 0.05) is 12.2 Å². The number of nitrogens with one attached hydrogen (secondary N) is 1. The molecule has 0 amide bonds. The van der Waals surface area contributed by atoms with E-state index in [-0.39, 0.29) is 0 Å². The highest BCUT2D eigenvalue weighted by molar-refractivity contribution is 5.57. The standard InChI is InChI=1S/C15H25NO/c1-5-13-8-7-9-14(6-2)15(13)16-10-11-17-12(3)4/h7-9,12,16H,5-6,10-11H2,1-4H3. The first-order chi connectivity index (χ1) is 8.19. The molecule has 1 aromatic carbocycles. The lowest BCUT2D eigenvalue weighted by Gasteiger charge is -2.16. The van der Waals surface area contributed by atoms with E-state index in [1.165, 1.54) is 16.8 Å². The van der Waals surface area contributed by atoms with E-state index in [4.69, 9.17) is 4.74 Å². The minimum atomic E-state index is 0.309. The average Bonchev–Trinajstić information content (AvgIpc) is 2.34. The summed E-state index contributed by atoms with van der Waals surface area (Å²) >= 11 is 0. The van der Waals surface area contributed by atoms with Crippen molar-refractivity contribution in [2.45, 2.75) is 46.6 Å². The zero-order chi connectivity index (χ0) is 12.7. The zero-order valence-corrected chi connectivity index (χ0v) is 11.5. The monoisotopic (exact) mass is 235 g/mol. The number of ether oxygens (including phenoxy) is 1. The van der Waals surface area contributed by atoms with Gasteiger partial charge in [0.15, 0.2) is 0 Å². The second-order valence-corrected chi connectivity index (χ2v) is 4.50. The van der Waals surface area contributed by atoms with Gasteiger partial charge in [-0.3, -0.25) is 0 Å². The van der Waals surface area contributed by atoms with Gasteiger partial charge in [-0.25, -0.2) is 0 Å². The molecule has 2 nitrogen and oxygen atoms in total. The van der Waals surface area contributed by atoms with Crippen LogP contribution in [0.1, 0.15) is 38.8 Å². The highest BCUT2D eigenvalue weighted by atomic mass is 16.5. The first kappa shape index (κ1) is 14.0.